The molecule has 2 aliphatic carbocycles. The van der Waals surface area contributed by atoms with Crippen LogP contribution in [0.25, 0.3) is 0 Å². The normalized spacial score (nSPS) is 33.3. The van der Waals surface area contributed by atoms with Gasteiger partial charge in [-0.15, -0.1) is 0 Å². The molecule has 2 saturated carbocycles. The van der Waals surface area contributed by atoms with Crippen LogP contribution in [0, 0.1) is 5.92 Å². The molecule has 0 spiro atoms. The molecule has 0 aromatic heterocycles. The van der Waals surface area contributed by atoms with Crippen molar-refractivity contribution in [2.75, 3.05) is 0 Å². The topological polar surface area (TPSA) is 55.1 Å². The maximum Gasteiger partial charge on any atom is 0.220 e. The van der Waals surface area contributed by atoms with Crippen LogP contribution in [0.4, 0.5) is 0 Å². The van der Waals surface area contributed by atoms with Crippen molar-refractivity contribution in [3.8, 4) is 0 Å². The van der Waals surface area contributed by atoms with Crippen LogP contribution in [0.2, 0.25) is 0 Å². The van der Waals surface area contributed by atoms with Crippen molar-refractivity contribution in [3.63, 3.8) is 0 Å². The van der Waals surface area contributed by atoms with Crippen LogP contribution in [-0.4, -0.2) is 18.0 Å². The molecule has 3 heteroatoms. The van der Waals surface area contributed by atoms with E-state index in [0.29, 0.717) is 5.92 Å². The summed E-state index contributed by atoms with van der Waals surface area (Å²) >= 11 is 0. The van der Waals surface area contributed by atoms with Crippen LogP contribution in [0.3, 0.4) is 0 Å². The molecule has 3 nitrogen and oxygen atoms in total. The summed E-state index contributed by atoms with van der Waals surface area (Å²) in [4.78, 5) is 11.4. The summed E-state index contributed by atoms with van der Waals surface area (Å²) in [7, 11) is 0. The van der Waals surface area contributed by atoms with Gasteiger partial charge in [-0.3, -0.25) is 4.79 Å². The Hall–Kier alpha value is -0.570. The van der Waals surface area contributed by atoms with Gasteiger partial charge in [-0.1, -0.05) is 0 Å². The van der Waals surface area contributed by atoms with Crippen molar-refractivity contribution in [1.82, 2.24) is 5.32 Å². The predicted molar refractivity (Wildman–Crippen MR) is 51.1 cm³/mol. The number of nitrogens with two attached hydrogens (primary N) is 1. The molecule has 0 saturated heterocycles. The Morgan fingerprint density at radius 1 is 1.31 bits per heavy atom. The summed E-state index contributed by atoms with van der Waals surface area (Å²) in [5.41, 5.74) is 5.86. The predicted octanol–water partition coefficient (Wildman–Crippen LogP) is 0.782. The van der Waals surface area contributed by atoms with Crippen LogP contribution in [0.1, 0.15) is 38.5 Å². The maximum atomic E-state index is 11.4. The van der Waals surface area contributed by atoms with Crippen molar-refractivity contribution in [1.29, 1.82) is 0 Å². The number of hydrogen-bond donors (Lipinski definition) is 2. The molecule has 2 aliphatic rings. The lowest BCUT2D eigenvalue weighted by atomic mass is 10.1. The fourth-order valence-electron chi connectivity index (χ4n) is 2.02. The van der Waals surface area contributed by atoms with Crippen LogP contribution >= 0.6 is 0 Å². The highest BCUT2D eigenvalue weighted by molar-refractivity contribution is 5.76. The molecular formula is C10H18N2O. The Bertz CT molecular complexity index is 201. The Kier molecular flexibility index (Phi) is 2.54. The van der Waals surface area contributed by atoms with Gasteiger partial charge in [0.2, 0.25) is 5.91 Å². The molecule has 74 valence electrons. The van der Waals surface area contributed by atoms with Gasteiger partial charge in [0.25, 0.3) is 0 Å². The molecular weight excluding hydrogens is 164 g/mol. The zero-order chi connectivity index (χ0) is 9.26. The van der Waals surface area contributed by atoms with Crippen LogP contribution in [0.15, 0.2) is 0 Å². The zero-order valence-electron chi connectivity index (χ0n) is 7.96. The van der Waals surface area contributed by atoms with E-state index >= 15 is 0 Å². The molecule has 2 fully saturated rings. The van der Waals surface area contributed by atoms with Crippen molar-refractivity contribution in [2.24, 2.45) is 11.7 Å². The molecule has 0 radical (unpaired) electrons. The lowest BCUT2D eigenvalue weighted by Gasteiger charge is -2.16. The van der Waals surface area contributed by atoms with E-state index in [4.69, 9.17) is 5.73 Å². The second-order valence-electron chi connectivity index (χ2n) is 4.42. The van der Waals surface area contributed by atoms with Gasteiger partial charge in [0.05, 0.1) is 0 Å². The summed E-state index contributed by atoms with van der Waals surface area (Å²) in [6, 6.07) is 0.453. The van der Waals surface area contributed by atoms with Crippen molar-refractivity contribution in [2.45, 2.75) is 50.6 Å². The molecule has 2 unspecified atom stereocenters. The van der Waals surface area contributed by atoms with E-state index in [1.165, 1.54) is 12.8 Å². The summed E-state index contributed by atoms with van der Waals surface area (Å²) in [5.74, 6) is 0.891. The number of hydrogen-bond acceptors (Lipinski definition) is 2. The average molecular weight is 182 g/mol. The summed E-state index contributed by atoms with van der Waals surface area (Å²) in [5, 5.41) is 3.04. The van der Waals surface area contributed by atoms with E-state index in [1.807, 2.05) is 0 Å². The second kappa shape index (κ2) is 3.66. The van der Waals surface area contributed by atoms with Crippen LogP contribution < -0.4 is 11.1 Å². The average Bonchev–Trinajstić information content (AvgIpc) is 2.79. The monoisotopic (exact) mass is 182 g/mol. The van der Waals surface area contributed by atoms with Gasteiger partial charge in [0.1, 0.15) is 0 Å². The van der Waals surface area contributed by atoms with Crippen molar-refractivity contribution < 1.29 is 4.79 Å². The maximum absolute atomic E-state index is 11.4. The third kappa shape index (κ3) is 2.44. The van der Waals surface area contributed by atoms with Gasteiger partial charge in [-0.25, -0.2) is 0 Å². The Balaban J connectivity index is 1.72. The molecule has 13 heavy (non-hydrogen) atoms. The number of amides is 1. The van der Waals surface area contributed by atoms with Gasteiger partial charge in [0.15, 0.2) is 0 Å². The number of carbonyl (C=O) groups is 1. The van der Waals surface area contributed by atoms with Gasteiger partial charge in [-0.05, 0) is 38.0 Å². The lowest BCUT2D eigenvalue weighted by Crippen LogP contribution is -2.44. The van der Waals surface area contributed by atoms with Crippen LogP contribution in [-0.2, 0) is 4.79 Å². The summed E-state index contributed by atoms with van der Waals surface area (Å²) < 4.78 is 0. The number of carbonyl (C=O) groups excluding carboxylic acids is 1. The van der Waals surface area contributed by atoms with E-state index in [2.05, 4.69) is 5.32 Å². The quantitative estimate of drug-likeness (QED) is 0.677. The van der Waals surface area contributed by atoms with E-state index in [0.717, 1.165) is 25.7 Å². The number of nitrogens with one attached hydrogen (secondary N) is 1. The highest BCUT2D eigenvalue weighted by atomic mass is 16.1. The molecule has 2 rings (SSSR count). The smallest absolute Gasteiger partial charge is 0.220 e. The molecule has 0 aromatic carbocycles. The Morgan fingerprint density at radius 2 is 2.08 bits per heavy atom. The SMILES string of the molecule is NC1CCCC1NC(=O)CC1CC1. The van der Waals surface area contributed by atoms with E-state index in [9.17, 15) is 4.79 Å². The first-order valence-corrected chi connectivity index (χ1v) is 5.30. The molecule has 2 atom stereocenters. The van der Waals surface area contributed by atoms with Gasteiger partial charge in [-0.2, -0.15) is 0 Å². The highest BCUT2D eigenvalue weighted by Crippen LogP contribution is 2.32. The minimum atomic E-state index is 0.197. The Morgan fingerprint density at radius 3 is 2.62 bits per heavy atom. The standard InChI is InChI=1S/C10H18N2O/c11-8-2-1-3-9(8)12-10(13)6-7-4-5-7/h7-9H,1-6,11H2,(H,12,13). The molecule has 0 heterocycles. The third-order valence-electron chi connectivity index (χ3n) is 3.09. The first-order valence-electron chi connectivity index (χ1n) is 5.30. The first-order chi connectivity index (χ1) is 6.25. The molecule has 0 bridgehead atoms. The molecule has 0 aromatic rings. The number of rotatable bonds is 3. The van der Waals surface area contributed by atoms with Gasteiger partial charge in [0, 0.05) is 18.5 Å². The molecule has 0 aliphatic heterocycles. The fourth-order valence-corrected chi connectivity index (χ4v) is 2.02. The van der Waals surface area contributed by atoms with E-state index in [-0.39, 0.29) is 18.0 Å². The zero-order valence-corrected chi connectivity index (χ0v) is 7.96. The highest BCUT2D eigenvalue weighted by Gasteiger charge is 2.28. The molecule has 1 amide bonds. The van der Waals surface area contributed by atoms with E-state index < -0.39 is 0 Å². The first kappa shape index (κ1) is 9.00. The van der Waals surface area contributed by atoms with Crippen LogP contribution in [0.5, 0.6) is 0 Å². The lowest BCUT2D eigenvalue weighted by molar-refractivity contribution is -0.122. The summed E-state index contributed by atoms with van der Waals surface area (Å²) in [6.07, 6.45) is 6.50. The minimum Gasteiger partial charge on any atom is -0.352 e. The fraction of sp³-hybridized carbons (Fsp3) is 0.900. The largest absolute Gasteiger partial charge is 0.352 e. The minimum absolute atomic E-state index is 0.197. The van der Waals surface area contributed by atoms with E-state index in [1.54, 1.807) is 0 Å². The Labute approximate surface area is 79.1 Å². The van der Waals surface area contributed by atoms with Crippen molar-refractivity contribution in [3.05, 3.63) is 0 Å². The molecule has 3 N–H and O–H groups in total. The second-order valence-corrected chi connectivity index (χ2v) is 4.42. The van der Waals surface area contributed by atoms with Gasteiger partial charge < -0.3 is 11.1 Å². The van der Waals surface area contributed by atoms with Gasteiger partial charge >= 0.3 is 0 Å². The third-order valence-corrected chi connectivity index (χ3v) is 3.09. The van der Waals surface area contributed by atoms with Crippen molar-refractivity contribution >= 4 is 5.91 Å². The summed E-state index contributed by atoms with van der Waals surface area (Å²) in [6.45, 7) is 0.